The van der Waals surface area contributed by atoms with Gasteiger partial charge >= 0.3 is 5.97 Å². The van der Waals surface area contributed by atoms with Crippen LogP contribution in [0.4, 0.5) is 0 Å². The van der Waals surface area contributed by atoms with Gasteiger partial charge in [-0.1, -0.05) is 24.6 Å². The highest BCUT2D eigenvalue weighted by molar-refractivity contribution is 6.31. The molecule has 0 spiro atoms. The lowest BCUT2D eigenvalue weighted by atomic mass is 9.97. The van der Waals surface area contributed by atoms with Gasteiger partial charge in [-0.3, -0.25) is 4.79 Å². The van der Waals surface area contributed by atoms with Crippen molar-refractivity contribution in [1.29, 1.82) is 5.26 Å². The Hall–Kier alpha value is -1.53. The summed E-state index contributed by atoms with van der Waals surface area (Å²) < 4.78 is 0. The van der Waals surface area contributed by atoms with E-state index in [1.165, 1.54) is 0 Å². The zero-order valence-electron chi connectivity index (χ0n) is 8.25. The number of halogens is 1. The minimum Gasteiger partial charge on any atom is -0.481 e. The van der Waals surface area contributed by atoms with Crippen molar-refractivity contribution in [3.63, 3.8) is 0 Å². The van der Waals surface area contributed by atoms with Crippen LogP contribution in [-0.4, -0.2) is 11.1 Å². The van der Waals surface area contributed by atoms with Crippen LogP contribution >= 0.6 is 11.6 Å². The molecule has 0 saturated carbocycles. The molecule has 0 radical (unpaired) electrons. The van der Waals surface area contributed by atoms with Gasteiger partial charge in [0.25, 0.3) is 0 Å². The second kappa shape index (κ2) is 4.81. The Kier molecular flexibility index (Phi) is 3.70. The van der Waals surface area contributed by atoms with E-state index in [9.17, 15) is 4.79 Å². The van der Waals surface area contributed by atoms with Crippen molar-refractivity contribution < 1.29 is 9.90 Å². The van der Waals surface area contributed by atoms with E-state index in [0.717, 1.165) is 5.56 Å². The number of aliphatic carboxylic acids is 1. The lowest BCUT2D eigenvalue weighted by Gasteiger charge is -2.08. The van der Waals surface area contributed by atoms with Crippen LogP contribution in [0.15, 0.2) is 12.1 Å². The average Bonchev–Trinajstić information content (AvgIpc) is 2.19. The molecule has 1 rings (SSSR count). The van der Waals surface area contributed by atoms with E-state index < -0.39 is 5.97 Å². The molecule has 0 unspecified atom stereocenters. The van der Waals surface area contributed by atoms with E-state index in [-0.39, 0.29) is 6.42 Å². The number of carbonyl (C=O) groups is 1. The highest BCUT2D eigenvalue weighted by atomic mass is 35.5. The first kappa shape index (κ1) is 11.5. The number of rotatable bonds is 3. The highest BCUT2D eigenvalue weighted by Gasteiger charge is 2.12. The average molecular weight is 224 g/mol. The largest absolute Gasteiger partial charge is 0.481 e. The van der Waals surface area contributed by atoms with Crippen molar-refractivity contribution in [2.75, 3.05) is 0 Å². The van der Waals surface area contributed by atoms with Gasteiger partial charge in [0, 0.05) is 0 Å². The number of carboxylic acids is 1. The number of nitriles is 1. The zero-order valence-corrected chi connectivity index (χ0v) is 9.01. The molecule has 0 aliphatic heterocycles. The van der Waals surface area contributed by atoms with E-state index in [4.69, 9.17) is 22.0 Å². The van der Waals surface area contributed by atoms with E-state index in [0.29, 0.717) is 22.6 Å². The molecule has 1 aromatic carbocycles. The molecule has 4 heteroatoms. The molecule has 0 aliphatic rings. The molecule has 1 aromatic rings. The molecule has 78 valence electrons. The summed E-state index contributed by atoms with van der Waals surface area (Å²) in [5.74, 6) is -0.907. The van der Waals surface area contributed by atoms with Gasteiger partial charge in [0.15, 0.2) is 0 Å². The van der Waals surface area contributed by atoms with Crippen molar-refractivity contribution in [3.05, 3.63) is 33.8 Å². The van der Waals surface area contributed by atoms with Crippen LogP contribution in [-0.2, 0) is 17.6 Å². The summed E-state index contributed by atoms with van der Waals surface area (Å²) in [5.41, 5.74) is 1.77. The first-order chi connectivity index (χ1) is 7.10. The number of hydrogen-bond donors (Lipinski definition) is 1. The van der Waals surface area contributed by atoms with Gasteiger partial charge in [0.05, 0.1) is 17.0 Å². The predicted octanol–water partition coefficient (Wildman–Crippen LogP) is 2.40. The normalized spacial score (nSPS) is 9.67. The standard InChI is InChI=1S/C11H10ClNO2/c1-2-8-7(5-11(14)15)3-4-10(12)9(8)6-13/h3-4H,2,5H2,1H3,(H,14,15). The van der Waals surface area contributed by atoms with Crippen molar-refractivity contribution in [3.8, 4) is 6.07 Å². The lowest BCUT2D eigenvalue weighted by Crippen LogP contribution is -2.05. The minimum atomic E-state index is -0.907. The van der Waals surface area contributed by atoms with Crippen LogP contribution in [0.2, 0.25) is 5.02 Å². The molecule has 1 N–H and O–H groups in total. The molecular formula is C11H10ClNO2. The summed E-state index contributed by atoms with van der Waals surface area (Å²) in [6, 6.07) is 5.23. The van der Waals surface area contributed by atoms with Gasteiger partial charge in [-0.15, -0.1) is 0 Å². The quantitative estimate of drug-likeness (QED) is 0.856. The molecular weight excluding hydrogens is 214 g/mol. The van der Waals surface area contributed by atoms with E-state index in [1.54, 1.807) is 12.1 Å². The maximum Gasteiger partial charge on any atom is 0.307 e. The van der Waals surface area contributed by atoms with Crippen LogP contribution in [0, 0.1) is 11.3 Å². The Labute approximate surface area is 92.9 Å². The topological polar surface area (TPSA) is 61.1 Å². The second-order valence-corrected chi connectivity index (χ2v) is 3.50. The maximum atomic E-state index is 10.6. The van der Waals surface area contributed by atoms with Crippen LogP contribution < -0.4 is 0 Å². The smallest absolute Gasteiger partial charge is 0.307 e. The van der Waals surface area contributed by atoms with Crippen LogP contribution in [0.5, 0.6) is 0 Å². The Balaban J connectivity index is 3.30. The third kappa shape index (κ3) is 2.48. The first-order valence-electron chi connectivity index (χ1n) is 4.52. The summed E-state index contributed by atoms with van der Waals surface area (Å²) in [5, 5.41) is 18.0. The molecule has 0 fully saturated rings. The van der Waals surface area contributed by atoms with Gasteiger partial charge in [-0.25, -0.2) is 0 Å². The molecule has 0 aromatic heterocycles. The molecule has 15 heavy (non-hydrogen) atoms. The van der Waals surface area contributed by atoms with Gasteiger partial charge in [0.2, 0.25) is 0 Å². The number of hydrogen-bond acceptors (Lipinski definition) is 2. The molecule has 0 atom stereocenters. The summed E-state index contributed by atoms with van der Waals surface area (Å²) >= 11 is 5.85. The third-order valence-corrected chi connectivity index (χ3v) is 2.48. The third-order valence-electron chi connectivity index (χ3n) is 2.17. The maximum absolute atomic E-state index is 10.6. The molecule has 0 amide bonds. The lowest BCUT2D eigenvalue weighted by molar-refractivity contribution is -0.136. The molecule has 3 nitrogen and oxygen atoms in total. The molecule has 0 saturated heterocycles. The summed E-state index contributed by atoms with van der Waals surface area (Å²) in [6.45, 7) is 1.87. The van der Waals surface area contributed by atoms with Gasteiger partial charge in [-0.2, -0.15) is 5.26 Å². The van der Waals surface area contributed by atoms with Crippen molar-refractivity contribution in [1.82, 2.24) is 0 Å². The first-order valence-corrected chi connectivity index (χ1v) is 4.90. The minimum absolute atomic E-state index is 0.0744. The van der Waals surface area contributed by atoms with Crippen molar-refractivity contribution in [2.45, 2.75) is 19.8 Å². The monoisotopic (exact) mass is 223 g/mol. The van der Waals surface area contributed by atoms with Crippen LogP contribution in [0.1, 0.15) is 23.6 Å². The Morgan fingerprint density at radius 1 is 1.60 bits per heavy atom. The number of benzene rings is 1. The van der Waals surface area contributed by atoms with Gasteiger partial charge in [0.1, 0.15) is 6.07 Å². The second-order valence-electron chi connectivity index (χ2n) is 3.10. The fourth-order valence-corrected chi connectivity index (χ4v) is 1.73. The summed E-state index contributed by atoms with van der Waals surface area (Å²) in [6.07, 6.45) is 0.529. The van der Waals surface area contributed by atoms with E-state index in [1.807, 2.05) is 13.0 Å². The molecule has 0 bridgehead atoms. The van der Waals surface area contributed by atoms with Gasteiger partial charge in [-0.05, 0) is 23.6 Å². The van der Waals surface area contributed by atoms with Crippen LogP contribution in [0.25, 0.3) is 0 Å². The summed E-state index contributed by atoms with van der Waals surface area (Å²) in [7, 11) is 0. The molecule has 0 aliphatic carbocycles. The van der Waals surface area contributed by atoms with Crippen molar-refractivity contribution in [2.24, 2.45) is 0 Å². The van der Waals surface area contributed by atoms with Crippen molar-refractivity contribution >= 4 is 17.6 Å². The van der Waals surface area contributed by atoms with E-state index >= 15 is 0 Å². The highest BCUT2D eigenvalue weighted by Crippen LogP contribution is 2.23. The Morgan fingerprint density at radius 2 is 2.27 bits per heavy atom. The fraction of sp³-hybridized carbons (Fsp3) is 0.273. The predicted molar refractivity (Wildman–Crippen MR) is 56.9 cm³/mol. The Bertz CT molecular complexity index is 435. The summed E-state index contributed by atoms with van der Waals surface area (Å²) in [4.78, 5) is 10.6. The number of carboxylic acid groups (broad SMARTS) is 1. The van der Waals surface area contributed by atoms with Gasteiger partial charge < -0.3 is 5.11 Å². The molecule has 0 heterocycles. The Morgan fingerprint density at radius 3 is 2.73 bits per heavy atom. The SMILES string of the molecule is CCc1c(CC(=O)O)ccc(Cl)c1C#N. The fourth-order valence-electron chi connectivity index (χ4n) is 1.52. The van der Waals surface area contributed by atoms with Crippen LogP contribution in [0.3, 0.4) is 0 Å². The number of nitrogens with zero attached hydrogens (tertiary/aromatic N) is 1. The zero-order chi connectivity index (χ0) is 11.4. The van der Waals surface area contributed by atoms with E-state index in [2.05, 4.69) is 0 Å².